The van der Waals surface area contributed by atoms with Crippen LogP contribution < -0.4 is 15.8 Å². The molecule has 5 nitrogen and oxygen atoms in total. The molecule has 3 N–H and O–H groups in total. The summed E-state index contributed by atoms with van der Waals surface area (Å²) in [6.07, 6.45) is 0.00434. The normalized spacial score (nSPS) is 10.7. The number of hydrogen-bond acceptors (Lipinski definition) is 6. The van der Waals surface area contributed by atoms with Gasteiger partial charge in [0.05, 0.1) is 23.3 Å². The van der Waals surface area contributed by atoms with Crippen LogP contribution in [0.15, 0.2) is 0 Å². The van der Waals surface area contributed by atoms with E-state index in [0.29, 0.717) is 29.5 Å². The summed E-state index contributed by atoms with van der Waals surface area (Å²) >= 11 is 1.32. The van der Waals surface area contributed by atoms with E-state index < -0.39 is 0 Å². The molecule has 0 amide bonds. The Morgan fingerprint density at radius 3 is 2.67 bits per heavy atom. The predicted octanol–water partition coefficient (Wildman–Crippen LogP) is 2.38. The third kappa shape index (κ3) is 3.61. The molecule has 0 aliphatic carbocycles. The number of carbonyl (C=O) groups is 1. The molecule has 0 aromatic carbocycles. The molecule has 0 saturated heterocycles. The van der Waals surface area contributed by atoms with Gasteiger partial charge in [0.2, 0.25) is 0 Å². The van der Waals surface area contributed by atoms with E-state index in [0.717, 1.165) is 5.00 Å². The van der Waals surface area contributed by atoms with Crippen molar-refractivity contribution in [2.45, 2.75) is 26.9 Å². The third-order valence-corrected chi connectivity index (χ3v) is 3.41. The van der Waals surface area contributed by atoms with Gasteiger partial charge in [-0.15, -0.1) is 11.3 Å². The van der Waals surface area contributed by atoms with E-state index in [9.17, 15) is 4.79 Å². The Balaban J connectivity index is 2.97. The summed E-state index contributed by atoms with van der Waals surface area (Å²) in [7, 11) is 1.64. The first-order valence-electron chi connectivity index (χ1n) is 5.80. The first-order valence-corrected chi connectivity index (χ1v) is 6.61. The Morgan fingerprint density at radius 1 is 1.50 bits per heavy atom. The summed E-state index contributed by atoms with van der Waals surface area (Å²) < 4.78 is 10.6. The quantitative estimate of drug-likeness (QED) is 0.589. The number of anilines is 2. The van der Waals surface area contributed by atoms with Gasteiger partial charge in [0.1, 0.15) is 5.00 Å². The highest BCUT2D eigenvalue weighted by atomic mass is 32.1. The minimum Gasteiger partial charge on any atom is -0.486 e. The lowest BCUT2D eigenvalue weighted by Gasteiger charge is -2.12. The smallest absolute Gasteiger partial charge is 0.177 e. The number of methoxy groups -OCH3 is 1. The van der Waals surface area contributed by atoms with Crippen molar-refractivity contribution in [1.82, 2.24) is 0 Å². The van der Waals surface area contributed by atoms with E-state index in [-0.39, 0.29) is 11.9 Å². The summed E-state index contributed by atoms with van der Waals surface area (Å²) in [5, 5.41) is 3.95. The van der Waals surface area contributed by atoms with Crippen molar-refractivity contribution >= 4 is 27.8 Å². The van der Waals surface area contributed by atoms with E-state index >= 15 is 0 Å². The van der Waals surface area contributed by atoms with E-state index in [1.807, 2.05) is 13.8 Å². The van der Waals surface area contributed by atoms with E-state index in [1.165, 1.54) is 18.3 Å². The van der Waals surface area contributed by atoms with Crippen LogP contribution in [0.1, 0.15) is 30.4 Å². The van der Waals surface area contributed by atoms with Crippen LogP contribution in [-0.2, 0) is 4.74 Å². The largest absolute Gasteiger partial charge is 0.486 e. The molecule has 0 unspecified atom stereocenters. The zero-order valence-electron chi connectivity index (χ0n) is 11.2. The number of Topliss-reactive ketones (excluding diaryl/α,β-unsaturated/α-hetero) is 1. The molecule has 1 heterocycles. The Hall–Kier alpha value is -1.27. The summed E-state index contributed by atoms with van der Waals surface area (Å²) in [4.78, 5) is 12.0. The molecular weight excluding hydrogens is 252 g/mol. The van der Waals surface area contributed by atoms with Crippen molar-refractivity contribution in [2.24, 2.45) is 0 Å². The number of ketones is 1. The van der Waals surface area contributed by atoms with E-state index in [1.54, 1.807) is 7.11 Å². The lowest BCUT2D eigenvalue weighted by atomic mass is 10.3. The van der Waals surface area contributed by atoms with Crippen LogP contribution in [0.4, 0.5) is 10.7 Å². The van der Waals surface area contributed by atoms with Gasteiger partial charge in [-0.2, -0.15) is 0 Å². The number of rotatable bonds is 7. The highest BCUT2D eigenvalue weighted by Crippen LogP contribution is 2.43. The third-order valence-electron chi connectivity index (χ3n) is 2.16. The molecule has 1 aromatic rings. The van der Waals surface area contributed by atoms with Gasteiger partial charge in [-0.05, 0) is 13.8 Å². The fourth-order valence-electron chi connectivity index (χ4n) is 1.43. The molecule has 0 saturated carbocycles. The SMILES string of the molecule is COCCNc1sc(C(C)=O)c(N)c1OC(C)C. The van der Waals surface area contributed by atoms with Crippen molar-refractivity contribution in [1.29, 1.82) is 0 Å². The zero-order chi connectivity index (χ0) is 13.7. The second-order valence-corrected chi connectivity index (χ2v) is 5.17. The zero-order valence-corrected chi connectivity index (χ0v) is 12.0. The molecule has 0 radical (unpaired) electrons. The molecule has 0 spiro atoms. The average molecular weight is 272 g/mol. The van der Waals surface area contributed by atoms with Crippen LogP contribution >= 0.6 is 11.3 Å². The first-order chi connectivity index (χ1) is 8.47. The van der Waals surface area contributed by atoms with Crippen molar-refractivity contribution in [3.05, 3.63) is 4.88 Å². The highest BCUT2D eigenvalue weighted by molar-refractivity contribution is 7.19. The second-order valence-electron chi connectivity index (χ2n) is 4.15. The number of nitrogen functional groups attached to an aromatic ring is 1. The Labute approximate surface area is 111 Å². The number of hydrogen-bond donors (Lipinski definition) is 2. The van der Waals surface area contributed by atoms with Gasteiger partial charge in [-0.3, -0.25) is 4.79 Å². The van der Waals surface area contributed by atoms with Gasteiger partial charge in [-0.1, -0.05) is 0 Å². The molecule has 102 valence electrons. The number of nitrogens with one attached hydrogen (secondary N) is 1. The highest BCUT2D eigenvalue weighted by Gasteiger charge is 2.20. The molecule has 0 aliphatic heterocycles. The first kappa shape index (κ1) is 14.8. The van der Waals surface area contributed by atoms with Crippen molar-refractivity contribution in [3.8, 4) is 5.75 Å². The number of carbonyl (C=O) groups excluding carboxylic acids is 1. The summed E-state index contributed by atoms with van der Waals surface area (Å²) in [6.45, 7) is 6.56. The Morgan fingerprint density at radius 2 is 2.17 bits per heavy atom. The Kier molecular flexibility index (Phi) is 5.43. The van der Waals surface area contributed by atoms with Crippen molar-refractivity contribution in [3.63, 3.8) is 0 Å². The fourth-order valence-corrected chi connectivity index (χ4v) is 2.40. The van der Waals surface area contributed by atoms with E-state index in [4.69, 9.17) is 15.2 Å². The average Bonchev–Trinajstić information content (AvgIpc) is 2.57. The second kappa shape index (κ2) is 6.61. The maximum absolute atomic E-state index is 11.5. The molecule has 18 heavy (non-hydrogen) atoms. The van der Waals surface area contributed by atoms with Crippen LogP contribution in [0.3, 0.4) is 0 Å². The topological polar surface area (TPSA) is 73.6 Å². The van der Waals surface area contributed by atoms with Crippen LogP contribution in [0.25, 0.3) is 0 Å². The van der Waals surface area contributed by atoms with E-state index in [2.05, 4.69) is 5.32 Å². The molecule has 0 atom stereocenters. The monoisotopic (exact) mass is 272 g/mol. The summed E-state index contributed by atoms with van der Waals surface area (Å²) in [5.41, 5.74) is 6.37. The molecule has 0 bridgehead atoms. The van der Waals surface area contributed by atoms with Crippen molar-refractivity contribution < 1.29 is 14.3 Å². The molecule has 6 heteroatoms. The number of nitrogens with two attached hydrogens (primary N) is 1. The van der Waals surface area contributed by atoms with Crippen molar-refractivity contribution in [2.75, 3.05) is 31.3 Å². The van der Waals surface area contributed by atoms with Gasteiger partial charge in [0.25, 0.3) is 0 Å². The summed E-state index contributed by atoms with van der Waals surface area (Å²) in [6, 6.07) is 0. The van der Waals surface area contributed by atoms with Gasteiger partial charge in [0.15, 0.2) is 11.5 Å². The van der Waals surface area contributed by atoms with Crippen LogP contribution in [0, 0.1) is 0 Å². The van der Waals surface area contributed by atoms with Gasteiger partial charge >= 0.3 is 0 Å². The number of thiophene rings is 1. The predicted molar refractivity (Wildman–Crippen MR) is 74.9 cm³/mol. The summed E-state index contributed by atoms with van der Waals surface area (Å²) in [5.74, 6) is 0.516. The molecule has 0 fully saturated rings. The standard InChI is InChI=1S/C12H20N2O3S/c1-7(2)17-10-9(13)11(8(3)15)18-12(10)14-5-6-16-4/h7,14H,5-6,13H2,1-4H3. The molecule has 1 rings (SSSR count). The maximum atomic E-state index is 11.5. The van der Waals surface area contributed by atoms with Gasteiger partial charge in [0, 0.05) is 20.6 Å². The lowest BCUT2D eigenvalue weighted by Crippen LogP contribution is -2.11. The Bertz CT molecular complexity index is 416. The minimum absolute atomic E-state index is 0.00434. The van der Waals surface area contributed by atoms with Gasteiger partial charge < -0.3 is 20.5 Å². The molecular formula is C12H20N2O3S. The molecule has 1 aromatic heterocycles. The van der Waals surface area contributed by atoms with Crippen LogP contribution in [0.2, 0.25) is 0 Å². The van der Waals surface area contributed by atoms with Crippen LogP contribution in [-0.4, -0.2) is 32.1 Å². The van der Waals surface area contributed by atoms with Gasteiger partial charge in [-0.25, -0.2) is 0 Å². The molecule has 0 aliphatic rings. The lowest BCUT2D eigenvalue weighted by molar-refractivity contribution is 0.102. The van der Waals surface area contributed by atoms with Crippen LogP contribution in [0.5, 0.6) is 5.75 Å². The fraction of sp³-hybridized carbons (Fsp3) is 0.583. The maximum Gasteiger partial charge on any atom is 0.177 e. The minimum atomic E-state index is -0.0501. The number of ether oxygens (including phenoxy) is 2.